The fraction of sp³-hybridized carbons (Fsp3) is 0.419. The molecular weight excluding hydrogens is 700 g/mol. The molecule has 3 aromatic carbocycles. The number of benzene rings is 3. The maximum atomic E-state index is 15.2. The van der Waals surface area contributed by atoms with E-state index in [1.165, 1.54) is 6.07 Å². The normalized spacial score (nSPS) is 12.2. The van der Waals surface area contributed by atoms with Crippen LogP contribution in [-0.4, -0.2) is 52.6 Å². The molecule has 0 atom stereocenters. The van der Waals surface area contributed by atoms with E-state index < -0.39 is 25.8 Å². The van der Waals surface area contributed by atoms with Crippen molar-refractivity contribution in [1.82, 2.24) is 19.7 Å². The number of imidazole rings is 1. The maximum absolute atomic E-state index is 15.2. The molecule has 0 radical (unpaired) electrons. The monoisotopic (exact) mass is 754 g/mol. The van der Waals surface area contributed by atoms with Gasteiger partial charge in [-0.3, -0.25) is 4.40 Å². The van der Waals surface area contributed by atoms with Crippen LogP contribution in [0.25, 0.3) is 16.9 Å². The van der Waals surface area contributed by atoms with Gasteiger partial charge >= 0.3 is 6.09 Å². The van der Waals surface area contributed by atoms with E-state index in [1.807, 2.05) is 75.4 Å². The van der Waals surface area contributed by atoms with Gasteiger partial charge in [-0.2, -0.15) is 0 Å². The summed E-state index contributed by atoms with van der Waals surface area (Å²) < 4.78 is 34.3. The standard InChI is InChI=1S/C43H55FN4O5Si/c1-42(2,3)52-41(50)45-24-14-9-10-15-25-51-38-23-18-31(26-34(38)44)28-36-40(49)48-29-37(46-35(39(48)47-36)27-30-16-12-11-13-17-30)32-19-21-33(22-20-32)53-54(7,8)43(4,5)6/h11-13,16-23,26,29,49H,9-10,14-15,24-25,27-28H2,1-8H3,(H,45,50). The molecule has 54 heavy (non-hydrogen) atoms. The predicted molar refractivity (Wildman–Crippen MR) is 215 cm³/mol. The summed E-state index contributed by atoms with van der Waals surface area (Å²) in [7, 11) is -2.00. The van der Waals surface area contributed by atoms with Gasteiger partial charge in [0.1, 0.15) is 17.0 Å². The molecule has 0 aliphatic rings. The highest BCUT2D eigenvalue weighted by atomic mass is 28.4. The van der Waals surface area contributed by atoms with Crippen LogP contribution in [0.3, 0.4) is 0 Å². The summed E-state index contributed by atoms with van der Waals surface area (Å²) in [5.41, 5.74) is 4.48. The number of aromatic hydroxyl groups is 1. The van der Waals surface area contributed by atoms with Gasteiger partial charge in [0, 0.05) is 31.1 Å². The van der Waals surface area contributed by atoms with Crippen molar-refractivity contribution in [3.8, 4) is 28.6 Å². The first kappa shape index (κ1) is 40.3. The Kier molecular flexibility index (Phi) is 12.7. The summed E-state index contributed by atoms with van der Waals surface area (Å²) in [4.78, 5) is 21.6. The zero-order valence-electron chi connectivity index (χ0n) is 33.0. The van der Waals surface area contributed by atoms with Crippen molar-refractivity contribution < 1.29 is 28.2 Å². The fourth-order valence-electron chi connectivity index (χ4n) is 5.68. The number of carbonyl (C=O) groups excluding carboxylic acids is 1. The molecule has 5 rings (SSSR count). The molecule has 0 saturated heterocycles. The number of amides is 1. The van der Waals surface area contributed by atoms with Crippen LogP contribution in [0.15, 0.2) is 79.0 Å². The molecule has 5 aromatic rings. The number of unbranched alkanes of at least 4 members (excludes halogenated alkanes) is 3. The Labute approximate surface area is 320 Å². The molecule has 2 N–H and O–H groups in total. The third-order valence-corrected chi connectivity index (χ3v) is 14.0. The van der Waals surface area contributed by atoms with E-state index in [4.69, 9.17) is 23.9 Å². The van der Waals surface area contributed by atoms with Gasteiger partial charge in [-0.25, -0.2) is 19.2 Å². The molecule has 0 spiro atoms. The number of rotatable bonds is 15. The van der Waals surface area contributed by atoms with Crippen LogP contribution < -0.4 is 14.5 Å². The minimum atomic E-state index is -2.00. The van der Waals surface area contributed by atoms with E-state index in [-0.39, 0.29) is 23.1 Å². The van der Waals surface area contributed by atoms with Crippen LogP contribution in [0.5, 0.6) is 17.4 Å². The van der Waals surface area contributed by atoms with Crippen molar-refractivity contribution in [2.24, 2.45) is 0 Å². The number of hydrogen-bond donors (Lipinski definition) is 2. The molecule has 2 heterocycles. The van der Waals surface area contributed by atoms with Crippen molar-refractivity contribution in [2.45, 2.75) is 104 Å². The van der Waals surface area contributed by atoms with E-state index >= 15 is 4.39 Å². The highest BCUT2D eigenvalue weighted by molar-refractivity contribution is 6.74. The lowest BCUT2D eigenvalue weighted by molar-refractivity contribution is 0.0527. The summed E-state index contributed by atoms with van der Waals surface area (Å²) in [6.07, 6.45) is 5.52. The van der Waals surface area contributed by atoms with Crippen LogP contribution in [0.1, 0.15) is 89.7 Å². The molecule has 0 unspecified atom stereocenters. The van der Waals surface area contributed by atoms with Gasteiger partial charge in [-0.05, 0) is 99.3 Å². The number of nitrogens with one attached hydrogen (secondary N) is 1. The first-order valence-corrected chi connectivity index (χ1v) is 21.7. The van der Waals surface area contributed by atoms with E-state index in [0.717, 1.165) is 48.3 Å². The molecular formula is C43H55FN4O5Si. The second-order valence-corrected chi connectivity index (χ2v) is 21.1. The van der Waals surface area contributed by atoms with Gasteiger partial charge < -0.3 is 24.3 Å². The Morgan fingerprint density at radius 2 is 1.54 bits per heavy atom. The van der Waals surface area contributed by atoms with Gasteiger partial charge in [-0.1, -0.05) is 70.0 Å². The van der Waals surface area contributed by atoms with Crippen molar-refractivity contribution >= 4 is 20.1 Å². The third-order valence-electron chi connectivity index (χ3n) is 9.63. The predicted octanol–water partition coefficient (Wildman–Crippen LogP) is 10.3. The lowest BCUT2D eigenvalue weighted by Crippen LogP contribution is -2.43. The largest absolute Gasteiger partial charge is 0.544 e. The van der Waals surface area contributed by atoms with E-state index in [9.17, 15) is 9.90 Å². The smallest absolute Gasteiger partial charge is 0.407 e. The Hall–Kier alpha value is -4.90. The quantitative estimate of drug-likeness (QED) is 0.0809. The van der Waals surface area contributed by atoms with Gasteiger partial charge in [0.2, 0.25) is 14.2 Å². The second kappa shape index (κ2) is 17.1. The van der Waals surface area contributed by atoms with Crippen LogP contribution >= 0.6 is 0 Å². The number of carbonyl (C=O) groups is 1. The second-order valence-electron chi connectivity index (χ2n) is 16.3. The maximum Gasteiger partial charge on any atom is 0.407 e. The number of hydrogen-bond acceptors (Lipinski definition) is 7. The number of fused-ring (bicyclic) bond motifs is 1. The SMILES string of the molecule is CC(C)(C)OC(=O)NCCCCCCOc1ccc(Cc2nc3c(Cc4ccccc4)nc(-c4ccc(O[Si](C)(C)C(C)(C)C)cc4)cn3c2O)cc1F. The first-order valence-electron chi connectivity index (χ1n) is 18.8. The number of aromatic nitrogens is 3. The fourth-order valence-corrected chi connectivity index (χ4v) is 6.71. The third kappa shape index (κ3) is 10.8. The van der Waals surface area contributed by atoms with Crippen LogP contribution in [0.2, 0.25) is 18.1 Å². The van der Waals surface area contributed by atoms with Gasteiger partial charge in [-0.15, -0.1) is 0 Å². The molecule has 0 aliphatic heterocycles. The average molecular weight is 755 g/mol. The highest BCUT2D eigenvalue weighted by Gasteiger charge is 2.39. The molecule has 0 fully saturated rings. The topological polar surface area (TPSA) is 107 Å². The van der Waals surface area contributed by atoms with Crippen molar-refractivity contribution in [3.05, 3.63) is 107 Å². The molecule has 0 aliphatic carbocycles. The van der Waals surface area contributed by atoms with Crippen molar-refractivity contribution in [1.29, 1.82) is 0 Å². The molecule has 0 bridgehead atoms. The summed E-state index contributed by atoms with van der Waals surface area (Å²) in [6, 6.07) is 22.8. The minimum Gasteiger partial charge on any atom is -0.544 e. The summed E-state index contributed by atoms with van der Waals surface area (Å²) in [6.45, 7) is 17.5. The molecule has 0 saturated carbocycles. The van der Waals surface area contributed by atoms with Crippen molar-refractivity contribution in [3.63, 3.8) is 0 Å². The molecule has 1 amide bonds. The lowest BCUT2D eigenvalue weighted by atomic mass is 10.1. The average Bonchev–Trinajstić information content (AvgIpc) is 3.40. The Morgan fingerprint density at radius 1 is 0.852 bits per heavy atom. The zero-order chi connectivity index (χ0) is 39.1. The Bertz CT molecular complexity index is 2020. The van der Waals surface area contributed by atoms with Gasteiger partial charge in [0.15, 0.2) is 17.2 Å². The number of alkyl carbamates (subject to hydrolysis) is 1. The minimum absolute atomic E-state index is 0.0112. The first-order chi connectivity index (χ1) is 25.5. The Balaban J connectivity index is 1.26. The van der Waals surface area contributed by atoms with Gasteiger partial charge in [0.05, 0.1) is 18.0 Å². The number of halogens is 1. The zero-order valence-corrected chi connectivity index (χ0v) is 34.0. The van der Waals surface area contributed by atoms with E-state index in [2.05, 4.69) is 39.2 Å². The Morgan fingerprint density at radius 3 is 2.20 bits per heavy atom. The summed E-state index contributed by atoms with van der Waals surface area (Å²) >= 11 is 0. The molecule has 11 heteroatoms. The summed E-state index contributed by atoms with van der Waals surface area (Å²) in [5, 5.41) is 14.3. The lowest BCUT2D eigenvalue weighted by Gasteiger charge is -2.36. The highest BCUT2D eigenvalue weighted by Crippen LogP contribution is 2.38. The molecule has 288 valence electrons. The molecule has 2 aromatic heterocycles. The van der Waals surface area contributed by atoms with Crippen molar-refractivity contribution in [2.75, 3.05) is 13.2 Å². The number of ether oxygens (including phenoxy) is 2. The van der Waals surface area contributed by atoms with Gasteiger partial charge in [0.25, 0.3) is 0 Å². The molecule has 9 nitrogen and oxygen atoms in total. The number of nitrogens with zero attached hydrogens (tertiary/aromatic N) is 3. The van der Waals surface area contributed by atoms with Crippen LogP contribution in [-0.2, 0) is 17.6 Å². The summed E-state index contributed by atoms with van der Waals surface area (Å²) in [5.74, 6) is 0.535. The van der Waals surface area contributed by atoms with Crippen LogP contribution in [0.4, 0.5) is 9.18 Å². The van der Waals surface area contributed by atoms with E-state index in [0.29, 0.717) is 42.2 Å². The van der Waals surface area contributed by atoms with E-state index in [1.54, 1.807) is 22.7 Å². The van der Waals surface area contributed by atoms with Crippen LogP contribution in [0, 0.1) is 5.82 Å².